The third-order valence-electron chi connectivity index (χ3n) is 5.54. The Kier molecular flexibility index (Phi) is 7.45. The van der Waals surface area contributed by atoms with E-state index in [1.54, 1.807) is 24.5 Å². The van der Waals surface area contributed by atoms with Crippen LogP contribution in [-0.2, 0) is 9.53 Å². The molecule has 164 valence electrons. The van der Waals surface area contributed by atoms with Crippen LogP contribution in [0.15, 0.2) is 29.0 Å². The Morgan fingerprint density at radius 2 is 1.90 bits per heavy atom. The Hall–Kier alpha value is -2.44. The Morgan fingerprint density at radius 1 is 1.20 bits per heavy atom. The molecule has 7 heteroatoms. The molecule has 1 fully saturated rings. The van der Waals surface area contributed by atoms with Crippen molar-refractivity contribution in [2.24, 2.45) is 5.92 Å². The number of aromatic nitrogens is 3. The minimum Gasteiger partial charge on any atom is -0.460 e. The van der Waals surface area contributed by atoms with Gasteiger partial charge >= 0.3 is 11.9 Å². The molecular formula is C23H33N3O4. The van der Waals surface area contributed by atoms with Crippen molar-refractivity contribution in [3.05, 3.63) is 36.2 Å². The molecule has 0 aromatic carbocycles. The van der Waals surface area contributed by atoms with Crippen LogP contribution in [0.25, 0.3) is 0 Å². The van der Waals surface area contributed by atoms with Crippen LogP contribution in [0.1, 0.15) is 101 Å². The summed E-state index contributed by atoms with van der Waals surface area (Å²) in [6, 6.07) is 3.52. The van der Waals surface area contributed by atoms with E-state index in [-0.39, 0.29) is 30.0 Å². The number of rotatable bonds is 8. The van der Waals surface area contributed by atoms with Crippen LogP contribution < -0.4 is 0 Å². The van der Waals surface area contributed by atoms with Crippen molar-refractivity contribution in [2.75, 3.05) is 0 Å². The second-order valence-electron chi connectivity index (χ2n) is 9.27. The van der Waals surface area contributed by atoms with Gasteiger partial charge in [-0.25, -0.2) is 0 Å². The fraction of sp³-hybridized carbons (Fsp3) is 0.652. The average molecular weight is 416 g/mol. The molecule has 0 radical (unpaired) electrons. The van der Waals surface area contributed by atoms with Crippen LogP contribution in [0.4, 0.5) is 0 Å². The van der Waals surface area contributed by atoms with E-state index in [2.05, 4.69) is 10.1 Å². The van der Waals surface area contributed by atoms with Gasteiger partial charge in [0.1, 0.15) is 5.60 Å². The minimum atomic E-state index is -0.547. The van der Waals surface area contributed by atoms with Gasteiger partial charge in [-0.3, -0.25) is 14.2 Å². The van der Waals surface area contributed by atoms with Crippen molar-refractivity contribution in [3.8, 4) is 0 Å². The second kappa shape index (κ2) is 10.0. The van der Waals surface area contributed by atoms with Gasteiger partial charge in [0.2, 0.25) is 5.89 Å². The molecule has 0 bridgehead atoms. The Morgan fingerprint density at radius 3 is 2.57 bits per heavy atom. The van der Waals surface area contributed by atoms with Gasteiger partial charge in [0.15, 0.2) is 0 Å². The maximum absolute atomic E-state index is 12.5. The first-order chi connectivity index (χ1) is 14.3. The van der Waals surface area contributed by atoms with E-state index in [1.807, 2.05) is 20.8 Å². The SMILES string of the molecule is CC(C)(C)OC(=O)C[C@@H](CCCC1CCCCC1)c1nc(C(=O)n2cccc2)no1. The molecule has 1 saturated carbocycles. The quantitative estimate of drug-likeness (QED) is 0.556. The lowest BCUT2D eigenvalue weighted by Crippen LogP contribution is -2.25. The molecule has 0 N–H and O–H groups in total. The van der Waals surface area contributed by atoms with E-state index in [9.17, 15) is 9.59 Å². The fourth-order valence-corrected chi connectivity index (χ4v) is 4.10. The van der Waals surface area contributed by atoms with E-state index in [1.165, 1.54) is 36.7 Å². The lowest BCUT2D eigenvalue weighted by atomic mass is 9.84. The average Bonchev–Trinajstić information content (AvgIpc) is 3.38. The van der Waals surface area contributed by atoms with Crippen molar-refractivity contribution in [3.63, 3.8) is 0 Å². The normalized spacial score (nSPS) is 16.4. The first kappa shape index (κ1) is 22.2. The third kappa shape index (κ3) is 6.54. The smallest absolute Gasteiger partial charge is 0.307 e. The van der Waals surface area contributed by atoms with Crippen molar-refractivity contribution in [1.82, 2.24) is 14.7 Å². The molecule has 2 aromatic heterocycles. The number of carbonyl (C=O) groups is 2. The van der Waals surface area contributed by atoms with Gasteiger partial charge in [0, 0.05) is 18.3 Å². The molecule has 2 heterocycles. The minimum absolute atomic E-state index is 0.00247. The summed E-state index contributed by atoms with van der Waals surface area (Å²) >= 11 is 0. The van der Waals surface area contributed by atoms with Gasteiger partial charge in [0.05, 0.1) is 6.42 Å². The molecule has 0 unspecified atom stereocenters. The zero-order chi connectivity index (χ0) is 21.6. The van der Waals surface area contributed by atoms with E-state index in [0.29, 0.717) is 5.89 Å². The van der Waals surface area contributed by atoms with Crippen molar-refractivity contribution in [2.45, 2.75) is 90.1 Å². The second-order valence-corrected chi connectivity index (χ2v) is 9.27. The molecule has 0 spiro atoms. The highest BCUT2D eigenvalue weighted by Crippen LogP contribution is 2.31. The predicted molar refractivity (Wildman–Crippen MR) is 112 cm³/mol. The maximum Gasteiger partial charge on any atom is 0.307 e. The third-order valence-corrected chi connectivity index (χ3v) is 5.54. The summed E-state index contributed by atoms with van der Waals surface area (Å²) in [4.78, 5) is 29.2. The maximum atomic E-state index is 12.5. The van der Waals surface area contributed by atoms with Crippen LogP contribution in [0.2, 0.25) is 0 Å². The van der Waals surface area contributed by atoms with E-state index in [0.717, 1.165) is 25.2 Å². The molecule has 0 amide bonds. The van der Waals surface area contributed by atoms with E-state index < -0.39 is 5.60 Å². The summed E-state index contributed by atoms with van der Waals surface area (Å²) in [5.41, 5.74) is -0.547. The summed E-state index contributed by atoms with van der Waals surface area (Å²) < 4.78 is 12.3. The predicted octanol–water partition coefficient (Wildman–Crippen LogP) is 5.13. The first-order valence-electron chi connectivity index (χ1n) is 11.0. The molecular weight excluding hydrogens is 382 g/mol. The zero-order valence-corrected chi connectivity index (χ0v) is 18.3. The zero-order valence-electron chi connectivity index (χ0n) is 18.3. The highest BCUT2D eigenvalue weighted by Gasteiger charge is 2.27. The van der Waals surface area contributed by atoms with Gasteiger partial charge in [0.25, 0.3) is 5.82 Å². The molecule has 7 nitrogen and oxygen atoms in total. The Balaban J connectivity index is 1.66. The number of ether oxygens (including phenoxy) is 1. The van der Waals surface area contributed by atoms with Crippen LogP contribution in [0.3, 0.4) is 0 Å². The first-order valence-corrected chi connectivity index (χ1v) is 11.0. The monoisotopic (exact) mass is 415 g/mol. The summed E-state index contributed by atoms with van der Waals surface area (Å²) in [5, 5.41) is 3.86. The number of carbonyl (C=O) groups excluding carboxylic acids is 2. The number of esters is 1. The van der Waals surface area contributed by atoms with Crippen LogP contribution >= 0.6 is 0 Å². The molecule has 0 saturated heterocycles. The molecule has 1 aliphatic carbocycles. The van der Waals surface area contributed by atoms with Crippen molar-refractivity contribution < 1.29 is 18.8 Å². The Labute approximate surface area is 178 Å². The Bertz CT molecular complexity index is 814. The lowest BCUT2D eigenvalue weighted by molar-refractivity contribution is -0.155. The molecule has 1 aliphatic rings. The molecule has 1 atom stereocenters. The summed E-state index contributed by atoms with van der Waals surface area (Å²) in [6.07, 6.45) is 12.9. The fourth-order valence-electron chi connectivity index (χ4n) is 4.10. The highest BCUT2D eigenvalue weighted by molar-refractivity contribution is 5.92. The molecule has 0 aliphatic heterocycles. The van der Waals surface area contributed by atoms with Gasteiger partial charge in [-0.05, 0) is 45.2 Å². The summed E-state index contributed by atoms with van der Waals surface area (Å²) in [6.45, 7) is 5.55. The van der Waals surface area contributed by atoms with E-state index in [4.69, 9.17) is 9.26 Å². The number of nitrogens with zero attached hydrogens (tertiary/aromatic N) is 3. The van der Waals surface area contributed by atoms with Crippen LogP contribution in [0.5, 0.6) is 0 Å². The van der Waals surface area contributed by atoms with Crippen molar-refractivity contribution in [1.29, 1.82) is 0 Å². The largest absolute Gasteiger partial charge is 0.460 e. The highest BCUT2D eigenvalue weighted by atomic mass is 16.6. The van der Waals surface area contributed by atoms with Gasteiger partial charge in [-0.1, -0.05) is 50.1 Å². The van der Waals surface area contributed by atoms with Gasteiger partial charge in [-0.2, -0.15) is 4.98 Å². The van der Waals surface area contributed by atoms with Gasteiger partial charge in [-0.15, -0.1) is 0 Å². The molecule has 2 aromatic rings. The van der Waals surface area contributed by atoms with Crippen molar-refractivity contribution >= 4 is 11.9 Å². The molecule has 3 rings (SSSR count). The standard InChI is InChI=1S/C23H33N3O4/c1-23(2,3)29-19(27)16-18(13-9-12-17-10-5-4-6-11-17)21-24-20(25-30-21)22(28)26-14-7-8-15-26/h7-8,14-15,17-18H,4-6,9-13,16H2,1-3H3/t18-/m1/s1. The topological polar surface area (TPSA) is 87.2 Å². The van der Waals surface area contributed by atoms with E-state index >= 15 is 0 Å². The van der Waals surface area contributed by atoms with Crippen LogP contribution in [-0.4, -0.2) is 32.2 Å². The summed E-state index contributed by atoms with van der Waals surface area (Å²) in [7, 11) is 0. The number of hydrogen-bond donors (Lipinski definition) is 0. The van der Waals surface area contributed by atoms with Crippen LogP contribution in [0, 0.1) is 5.92 Å². The summed E-state index contributed by atoms with van der Waals surface area (Å²) in [5.74, 6) is 0.217. The number of hydrogen-bond acceptors (Lipinski definition) is 6. The molecule has 30 heavy (non-hydrogen) atoms. The van der Waals surface area contributed by atoms with Gasteiger partial charge < -0.3 is 9.26 Å². The lowest BCUT2D eigenvalue weighted by Gasteiger charge is -2.23.